The number of benzene rings is 3. The second kappa shape index (κ2) is 11.9. The summed E-state index contributed by atoms with van der Waals surface area (Å²) < 4.78 is 44.3. The van der Waals surface area contributed by atoms with Crippen LogP contribution in [0.4, 0.5) is 14.5 Å². The van der Waals surface area contributed by atoms with Crippen LogP contribution in [-0.4, -0.2) is 38.2 Å². The third-order valence-electron chi connectivity index (χ3n) is 6.13. The van der Waals surface area contributed by atoms with Gasteiger partial charge in [-0.25, -0.2) is 4.79 Å². The number of alkyl halides is 2. The number of carbonyl (C=O) groups is 1. The van der Waals surface area contributed by atoms with Gasteiger partial charge in [-0.1, -0.05) is 42.5 Å². The maximum Gasteiger partial charge on any atom is 0.377 e. The zero-order valence-electron chi connectivity index (χ0n) is 20.4. The van der Waals surface area contributed by atoms with Gasteiger partial charge in [-0.05, 0) is 66.8 Å². The number of ether oxygens (including phenoxy) is 3. The number of hydrogen-bond donors (Lipinski definition) is 0. The molecule has 0 aromatic heterocycles. The van der Waals surface area contributed by atoms with Crippen LogP contribution in [0.15, 0.2) is 72.8 Å². The maximum atomic E-state index is 14.0. The van der Waals surface area contributed by atoms with Crippen molar-refractivity contribution in [3.63, 3.8) is 0 Å². The van der Waals surface area contributed by atoms with E-state index in [1.54, 1.807) is 24.3 Å². The van der Waals surface area contributed by atoms with Crippen LogP contribution < -0.4 is 14.4 Å². The molecule has 36 heavy (non-hydrogen) atoms. The normalized spacial score (nSPS) is 13.1. The van der Waals surface area contributed by atoms with Crippen LogP contribution in [-0.2, 0) is 29.0 Å². The van der Waals surface area contributed by atoms with Gasteiger partial charge >= 0.3 is 11.9 Å². The molecule has 0 saturated heterocycles. The van der Waals surface area contributed by atoms with Gasteiger partial charge in [0.2, 0.25) is 0 Å². The fourth-order valence-electron chi connectivity index (χ4n) is 4.36. The highest BCUT2D eigenvalue weighted by atomic mass is 19.3. The molecule has 0 N–H and O–H groups in total. The summed E-state index contributed by atoms with van der Waals surface area (Å²) in [5.74, 6) is -3.61. The Labute approximate surface area is 210 Å². The maximum absolute atomic E-state index is 14.0. The minimum absolute atomic E-state index is 0.0797. The molecule has 5 nitrogen and oxygen atoms in total. The van der Waals surface area contributed by atoms with E-state index in [-0.39, 0.29) is 6.61 Å². The lowest BCUT2D eigenvalue weighted by Gasteiger charge is -2.32. The summed E-state index contributed by atoms with van der Waals surface area (Å²) in [6, 6.07) is 22.5. The topological polar surface area (TPSA) is 48.0 Å². The SMILES string of the molecule is CCOC(=O)C(F)(F)Cc1ccc(OCc2cccc3c2CCCN3CCOc2ccccc2)cc1. The largest absolute Gasteiger partial charge is 0.492 e. The summed E-state index contributed by atoms with van der Waals surface area (Å²) in [7, 11) is 0. The lowest BCUT2D eigenvalue weighted by atomic mass is 9.96. The van der Waals surface area contributed by atoms with Gasteiger partial charge in [-0.15, -0.1) is 0 Å². The van der Waals surface area contributed by atoms with E-state index in [1.807, 2.05) is 36.4 Å². The van der Waals surface area contributed by atoms with Gasteiger partial charge in [0.25, 0.3) is 0 Å². The van der Waals surface area contributed by atoms with E-state index < -0.39 is 18.3 Å². The van der Waals surface area contributed by atoms with E-state index in [0.29, 0.717) is 24.5 Å². The number of hydrogen-bond acceptors (Lipinski definition) is 5. The van der Waals surface area contributed by atoms with Crippen molar-refractivity contribution in [3.8, 4) is 11.5 Å². The molecule has 0 saturated carbocycles. The van der Waals surface area contributed by atoms with Crippen LogP contribution in [0.5, 0.6) is 11.5 Å². The molecule has 0 aliphatic carbocycles. The lowest BCUT2D eigenvalue weighted by Crippen LogP contribution is -2.33. The van der Waals surface area contributed by atoms with Crippen molar-refractivity contribution in [2.75, 3.05) is 31.2 Å². The first kappa shape index (κ1) is 25.5. The highest BCUT2D eigenvalue weighted by molar-refractivity contribution is 5.77. The fourth-order valence-corrected chi connectivity index (χ4v) is 4.36. The second-order valence-electron chi connectivity index (χ2n) is 8.70. The molecule has 0 bridgehead atoms. The van der Waals surface area contributed by atoms with Crippen LogP contribution >= 0.6 is 0 Å². The first-order valence-corrected chi connectivity index (χ1v) is 12.3. The number of para-hydroxylation sites is 1. The summed E-state index contributed by atoms with van der Waals surface area (Å²) in [4.78, 5) is 13.8. The first-order chi connectivity index (χ1) is 17.5. The lowest BCUT2D eigenvalue weighted by molar-refractivity contribution is -0.171. The third-order valence-corrected chi connectivity index (χ3v) is 6.13. The van der Waals surface area contributed by atoms with E-state index in [1.165, 1.54) is 18.2 Å². The van der Waals surface area contributed by atoms with Crippen LogP contribution in [0.3, 0.4) is 0 Å². The van der Waals surface area contributed by atoms with Crippen molar-refractivity contribution >= 4 is 11.7 Å². The van der Waals surface area contributed by atoms with Gasteiger partial charge in [0.15, 0.2) is 0 Å². The summed E-state index contributed by atoms with van der Waals surface area (Å²) in [6.45, 7) is 4.19. The van der Waals surface area contributed by atoms with Crippen molar-refractivity contribution in [1.29, 1.82) is 0 Å². The molecule has 0 radical (unpaired) electrons. The van der Waals surface area contributed by atoms with Crippen LogP contribution in [0.25, 0.3) is 0 Å². The van der Waals surface area contributed by atoms with Gasteiger partial charge < -0.3 is 19.1 Å². The number of halogens is 2. The van der Waals surface area contributed by atoms with E-state index in [0.717, 1.165) is 37.2 Å². The molecule has 3 aromatic carbocycles. The summed E-state index contributed by atoms with van der Waals surface area (Å²) in [5.41, 5.74) is 3.93. The van der Waals surface area contributed by atoms with E-state index in [2.05, 4.69) is 21.8 Å². The Bertz CT molecular complexity index is 1140. The van der Waals surface area contributed by atoms with E-state index >= 15 is 0 Å². The highest BCUT2D eigenvalue weighted by Crippen LogP contribution is 2.31. The standard InChI is InChI=1S/C29H31F2NO4/c1-2-34-28(33)29(30,31)20-22-13-15-25(16-14-22)36-21-23-8-6-12-27-26(23)11-7-17-32(27)18-19-35-24-9-4-3-5-10-24/h3-6,8-10,12-16H,2,7,11,17-21H2,1H3. The molecule has 0 unspecified atom stereocenters. The van der Waals surface area contributed by atoms with Crippen LogP contribution in [0, 0.1) is 0 Å². The van der Waals surface area contributed by atoms with Crippen LogP contribution in [0.1, 0.15) is 30.0 Å². The molecule has 1 aliphatic heterocycles. The summed E-state index contributed by atoms with van der Waals surface area (Å²) >= 11 is 0. The Morgan fingerprint density at radius 1 is 0.944 bits per heavy atom. The molecular weight excluding hydrogens is 464 g/mol. The number of fused-ring (bicyclic) bond motifs is 1. The number of nitrogens with zero attached hydrogens (tertiary/aromatic N) is 1. The minimum atomic E-state index is -3.56. The third kappa shape index (κ3) is 6.53. The quantitative estimate of drug-likeness (QED) is 0.313. The molecule has 4 rings (SSSR count). The van der Waals surface area contributed by atoms with Gasteiger partial charge in [0.05, 0.1) is 13.2 Å². The Balaban J connectivity index is 1.34. The van der Waals surface area contributed by atoms with Gasteiger partial charge in [0, 0.05) is 18.7 Å². The predicted octanol–water partition coefficient (Wildman–Crippen LogP) is 5.84. The molecule has 3 aromatic rings. The molecule has 1 aliphatic rings. The molecule has 190 valence electrons. The number of anilines is 1. The van der Waals surface area contributed by atoms with Gasteiger partial charge in [0.1, 0.15) is 24.7 Å². The monoisotopic (exact) mass is 495 g/mol. The second-order valence-corrected chi connectivity index (χ2v) is 8.70. The predicted molar refractivity (Wildman–Crippen MR) is 135 cm³/mol. The minimum Gasteiger partial charge on any atom is -0.492 e. The van der Waals surface area contributed by atoms with Gasteiger partial charge in [-0.2, -0.15) is 8.78 Å². The Hall–Kier alpha value is -3.61. The number of esters is 1. The summed E-state index contributed by atoms with van der Waals surface area (Å²) in [6.07, 6.45) is 1.33. The van der Waals surface area contributed by atoms with E-state index in [9.17, 15) is 13.6 Å². The average Bonchev–Trinajstić information content (AvgIpc) is 2.89. The van der Waals surface area contributed by atoms with Crippen molar-refractivity contribution in [3.05, 3.63) is 89.5 Å². The molecule has 0 spiro atoms. The van der Waals surface area contributed by atoms with Crippen molar-refractivity contribution in [2.45, 2.75) is 38.7 Å². The molecule has 1 heterocycles. The van der Waals surface area contributed by atoms with Crippen molar-refractivity contribution in [2.24, 2.45) is 0 Å². The number of carbonyl (C=O) groups excluding carboxylic acids is 1. The summed E-state index contributed by atoms with van der Waals surface area (Å²) in [5, 5.41) is 0. The zero-order valence-corrected chi connectivity index (χ0v) is 20.4. The van der Waals surface area contributed by atoms with Crippen molar-refractivity contribution in [1.82, 2.24) is 0 Å². The van der Waals surface area contributed by atoms with Crippen molar-refractivity contribution < 1.29 is 27.8 Å². The molecule has 0 fully saturated rings. The zero-order chi connectivity index (χ0) is 25.4. The average molecular weight is 496 g/mol. The van der Waals surface area contributed by atoms with Crippen LogP contribution in [0.2, 0.25) is 0 Å². The molecular formula is C29H31F2NO4. The number of rotatable bonds is 11. The molecule has 0 amide bonds. The van der Waals surface area contributed by atoms with Gasteiger partial charge in [-0.3, -0.25) is 0 Å². The molecule has 0 atom stereocenters. The first-order valence-electron chi connectivity index (χ1n) is 12.3. The Morgan fingerprint density at radius 2 is 1.69 bits per heavy atom. The smallest absolute Gasteiger partial charge is 0.377 e. The highest BCUT2D eigenvalue weighted by Gasteiger charge is 2.40. The Kier molecular flexibility index (Phi) is 8.41. The van der Waals surface area contributed by atoms with E-state index in [4.69, 9.17) is 9.47 Å². The Morgan fingerprint density at radius 3 is 2.44 bits per heavy atom. The fraction of sp³-hybridized carbons (Fsp3) is 0.345. The molecule has 7 heteroatoms.